The molecule has 0 atom stereocenters. The Morgan fingerprint density at radius 3 is 1.25 bits per heavy atom. The molecule has 24 heavy (non-hydrogen) atoms. The Morgan fingerprint density at radius 1 is 0.792 bits per heavy atom. The van der Waals surface area contributed by atoms with E-state index in [-0.39, 0.29) is 88.7 Å². The zero-order valence-corrected chi connectivity index (χ0v) is 20.8. The third-order valence-electron chi connectivity index (χ3n) is 1.13. The maximum atomic E-state index is 10.2. The first-order chi connectivity index (χ1) is 9.16. The average Bonchev–Trinajstić information content (AvgIpc) is 2.08. The minimum Gasteiger partial charge on any atom is -0.726 e. The Labute approximate surface area is 204 Å². The fraction of sp³-hybridized carbons (Fsp3) is 0. The Hall–Kier alpha value is 1.51. The molecule has 12 nitrogen and oxygen atoms in total. The van der Waals surface area contributed by atoms with Gasteiger partial charge in [0.1, 0.15) is 0 Å². The second-order valence-electron chi connectivity index (χ2n) is 2.82. The normalized spacial score (nSPS) is 10.5. The monoisotopic (exact) mass is 433 g/mol. The van der Waals surface area contributed by atoms with Gasteiger partial charge in [-0.1, -0.05) is 6.07 Å². The Morgan fingerprint density at radius 2 is 1.04 bits per heavy atom. The molecule has 0 saturated carbocycles. The van der Waals surface area contributed by atoms with Crippen molar-refractivity contribution >= 4 is 31.2 Å². The molecule has 0 aliphatic heterocycles. The summed E-state index contributed by atoms with van der Waals surface area (Å²) in [5, 5.41) is 0. The summed E-state index contributed by atoms with van der Waals surface area (Å²) >= 11 is 0. The van der Waals surface area contributed by atoms with E-state index in [1.807, 2.05) is 0 Å². The molecule has 0 bridgehead atoms. The summed E-state index contributed by atoms with van der Waals surface area (Å²) in [5.41, 5.74) is 0. The van der Waals surface area contributed by atoms with Crippen LogP contribution in [-0.2, 0) is 31.2 Å². The number of rotatable bonds is 4. The molecule has 0 radical (unpaired) electrons. The average molecular weight is 433 g/mol. The van der Waals surface area contributed by atoms with E-state index < -0.39 is 42.7 Å². The molecule has 0 fully saturated rings. The van der Waals surface area contributed by atoms with Crippen LogP contribution in [0, 0.1) is 6.07 Å². The van der Waals surface area contributed by atoms with Crippen molar-refractivity contribution in [1.82, 2.24) is 0 Å². The van der Waals surface area contributed by atoms with Gasteiger partial charge in [0.25, 0.3) is 20.8 Å². The summed E-state index contributed by atoms with van der Waals surface area (Å²) < 4.78 is 102. The zero-order valence-electron chi connectivity index (χ0n) is 12.4. The fourth-order valence-electron chi connectivity index (χ4n) is 0.761. The van der Waals surface area contributed by atoms with Gasteiger partial charge in [-0.2, -0.15) is 6.07 Å². The second kappa shape index (κ2) is 13.6. The van der Waals surface area contributed by atoms with Gasteiger partial charge in [0.15, 0.2) is 0 Å². The van der Waals surface area contributed by atoms with Crippen LogP contribution in [0.1, 0.15) is 0 Å². The van der Waals surface area contributed by atoms with E-state index in [1.54, 1.807) is 0 Å². The largest absolute Gasteiger partial charge is 1.00 e. The van der Waals surface area contributed by atoms with Crippen molar-refractivity contribution in [2.24, 2.45) is 0 Å². The SMILES string of the molecule is O=S(=O)([O-])O.O=S(=O)([O-])Oc1c[c-]cc(OS(=O)(=O)[O-])c1.[Na+].[Na+].[Na+]. The first-order valence-electron chi connectivity index (χ1n) is 4.16. The predicted octanol–water partition coefficient (Wildman–Crippen LogP) is -10.8. The van der Waals surface area contributed by atoms with E-state index in [0.717, 1.165) is 18.2 Å². The van der Waals surface area contributed by atoms with Gasteiger partial charge in [-0.15, -0.1) is 12.1 Å². The molecule has 0 spiro atoms. The van der Waals surface area contributed by atoms with Crippen LogP contribution in [0.15, 0.2) is 18.2 Å². The first kappa shape index (κ1) is 33.1. The van der Waals surface area contributed by atoms with E-state index in [9.17, 15) is 25.9 Å². The molecule has 122 valence electrons. The summed E-state index contributed by atoms with van der Waals surface area (Å²) in [4.78, 5) is 0. The second-order valence-corrected chi connectivity index (χ2v) is 5.64. The molecule has 1 aromatic rings. The summed E-state index contributed by atoms with van der Waals surface area (Å²) in [7, 11) is -14.9. The molecular weight excluding hydrogens is 429 g/mol. The van der Waals surface area contributed by atoms with Crippen LogP contribution in [0.2, 0.25) is 0 Å². The quantitative estimate of drug-likeness (QED) is 0.203. The van der Waals surface area contributed by atoms with Crippen LogP contribution in [0.3, 0.4) is 0 Å². The number of hydrogen-bond donors (Lipinski definition) is 1. The summed E-state index contributed by atoms with van der Waals surface area (Å²) in [5.74, 6) is -1.03. The molecule has 0 saturated heterocycles. The third-order valence-corrected chi connectivity index (χ3v) is 1.93. The smallest absolute Gasteiger partial charge is 0.726 e. The van der Waals surface area contributed by atoms with E-state index in [0.29, 0.717) is 0 Å². The molecule has 0 heterocycles. The number of benzene rings is 1. The molecule has 1 rings (SSSR count). The molecule has 18 heteroatoms. The van der Waals surface area contributed by atoms with E-state index in [1.165, 1.54) is 0 Å². The van der Waals surface area contributed by atoms with Crippen LogP contribution < -0.4 is 97.0 Å². The molecule has 1 aromatic carbocycles. The molecule has 0 aromatic heterocycles. The van der Waals surface area contributed by atoms with Crippen molar-refractivity contribution < 1.29 is 141 Å². The minimum absolute atomic E-state index is 0. The van der Waals surface area contributed by atoms with Crippen molar-refractivity contribution in [3.63, 3.8) is 0 Å². The fourth-order valence-corrected chi connectivity index (χ4v) is 1.43. The van der Waals surface area contributed by atoms with Crippen molar-refractivity contribution in [3.8, 4) is 11.5 Å². The first-order valence-corrected chi connectivity index (χ1v) is 8.19. The maximum absolute atomic E-state index is 10.2. The van der Waals surface area contributed by atoms with Gasteiger partial charge >= 0.3 is 88.7 Å². The summed E-state index contributed by atoms with van der Waals surface area (Å²) in [6.07, 6.45) is 0. The van der Waals surface area contributed by atoms with E-state index in [4.69, 9.17) is 17.5 Å². The van der Waals surface area contributed by atoms with Gasteiger partial charge in [0.05, 0.1) is 0 Å². The Kier molecular flexibility index (Phi) is 18.8. The minimum atomic E-state index is -4.99. The predicted molar refractivity (Wildman–Crippen MR) is 58.3 cm³/mol. The molecule has 0 aliphatic carbocycles. The molecule has 0 amide bonds. The van der Waals surface area contributed by atoms with Crippen LogP contribution in [0.4, 0.5) is 0 Å². The van der Waals surface area contributed by atoms with Crippen LogP contribution >= 0.6 is 0 Å². The van der Waals surface area contributed by atoms with Crippen molar-refractivity contribution in [2.45, 2.75) is 0 Å². The standard InChI is InChI=1S/C6H5O8S2.3Na.H2O4S/c7-15(8,9)13-5-2-1-3-6(4-5)14-16(10,11)12;;;;1-5(2,3)4/h2-4H,(H,7,8,9)(H,10,11,12);;;;(H2,1,2,3,4)/q-1;3*+1;/p-3. The van der Waals surface area contributed by atoms with Crippen molar-refractivity contribution in [2.75, 3.05) is 0 Å². The van der Waals surface area contributed by atoms with Crippen molar-refractivity contribution in [1.29, 1.82) is 0 Å². The molecular formula is C6H4Na3O12S3-. The van der Waals surface area contributed by atoms with E-state index >= 15 is 0 Å². The van der Waals surface area contributed by atoms with Gasteiger partial charge in [-0.05, 0) is 0 Å². The van der Waals surface area contributed by atoms with Crippen LogP contribution in [0.25, 0.3) is 0 Å². The van der Waals surface area contributed by atoms with Gasteiger partial charge in [0.2, 0.25) is 10.4 Å². The van der Waals surface area contributed by atoms with Gasteiger partial charge < -0.3 is 22.0 Å². The van der Waals surface area contributed by atoms with Crippen molar-refractivity contribution in [3.05, 3.63) is 24.3 Å². The summed E-state index contributed by atoms with van der Waals surface area (Å²) in [6.45, 7) is 0. The topological polar surface area (TPSA) is 210 Å². The maximum Gasteiger partial charge on any atom is 1.00 e. The van der Waals surface area contributed by atoms with Crippen LogP contribution in [0.5, 0.6) is 11.5 Å². The van der Waals surface area contributed by atoms with Gasteiger partial charge in [-0.25, -0.2) is 25.3 Å². The molecule has 0 aliphatic rings. The Bertz CT molecular complexity index is 730. The summed E-state index contributed by atoms with van der Waals surface area (Å²) in [6, 6.07) is 4.84. The molecule has 1 N–H and O–H groups in total. The molecule has 0 unspecified atom stereocenters. The zero-order chi connectivity index (χ0) is 16.9. The Balaban J connectivity index is -0.000000221. The van der Waals surface area contributed by atoms with E-state index in [2.05, 4.69) is 14.4 Å². The third kappa shape index (κ3) is 25.7. The van der Waals surface area contributed by atoms with Crippen LogP contribution in [-0.4, -0.2) is 43.5 Å². The van der Waals surface area contributed by atoms with Gasteiger partial charge in [0, 0.05) is 11.5 Å². The number of hydrogen-bond acceptors (Lipinski definition) is 11. The van der Waals surface area contributed by atoms with Gasteiger partial charge in [-0.3, -0.25) is 4.55 Å².